The first-order valence-corrected chi connectivity index (χ1v) is 5.14. The molecule has 1 aromatic carbocycles. The van der Waals surface area contributed by atoms with Gasteiger partial charge in [-0.15, -0.1) is 0 Å². The van der Waals surface area contributed by atoms with E-state index < -0.39 is 11.9 Å². The number of hydrogen-bond donors (Lipinski definition) is 2. The Morgan fingerprint density at radius 2 is 1.80 bits per heavy atom. The molecular weight excluding hydrogens is 188 g/mol. The van der Waals surface area contributed by atoms with Gasteiger partial charge in [0.1, 0.15) is 0 Å². The Balaban J connectivity index is 2.68. The Bertz CT molecular complexity index is 330. The number of carbonyl (C=O) groups is 1. The van der Waals surface area contributed by atoms with Crippen molar-refractivity contribution in [3.05, 3.63) is 35.4 Å². The highest BCUT2D eigenvalue weighted by atomic mass is 16.1. The molecule has 1 amide bonds. The number of primary amides is 1. The van der Waals surface area contributed by atoms with Crippen LogP contribution in [0.1, 0.15) is 30.9 Å². The maximum Gasteiger partial charge on any atom is 0.234 e. The van der Waals surface area contributed by atoms with Crippen molar-refractivity contribution in [1.29, 1.82) is 0 Å². The van der Waals surface area contributed by atoms with Gasteiger partial charge in [0.15, 0.2) is 0 Å². The monoisotopic (exact) mass is 206 g/mol. The second-order valence-electron chi connectivity index (χ2n) is 4.11. The molecule has 3 nitrogen and oxygen atoms in total. The fourth-order valence-corrected chi connectivity index (χ4v) is 1.39. The number of hydrogen-bond acceptors (Lipinski definition) is 2. The second kappa shape index (κ2) is 4.94. The van der Waals surface area contributed by atoms with Crippen LogP contribution < -0.4 is 11.5 Å². The SMILES string of the molecule is CC(C)c1ccc(C[C@H](N)C(N)=O)cc1. The van der Waals surface area contributed by atoms with E-state index in [-0.39, 0.29) is 0 Å². The van der Waals surface area contributed by atoms with E-state index >= 15 is 0 Å². The first kappa shape index (κ1) is 11.7. The highest BCUT2D eigenvalue weighted by Gasteiger charge is 2.09. The molecule has 0 saturated carbocycles. The van der Waals surface area contributed by atoms with Crippen LogP contribution in [0.15, 0.2) is 24.3 Å². The van der Waals surface area contributed by atoms with Crippen LogP contribution in [0.5, 0.6) is 0 Å². The van der Waals surface area contributed by atoms with Gasteiger partial charge in [0.05, 0.1) is 6.04 Å². The van der Waals surface area contributed by atoms with E-state index in [9.17, 15) is 4.79 Å². The van der Waals surface area contributed by atoms with Crippen LogP contribution in [-0.4, -0.2) is 11.9 Å². The Morgan fingerprint density at radius 3 is 2.20 bits per heavy atom. The van der Waals surface area contributed by atoms with Crippen molar-refractivity contribution in [3.8, 4) is 0 Å². The maximum atomic E-state index is 10.8. The smallest absolute Gasteiger partial charge is 0.234 e. The minimum atomic E-state index is -0.588. The van der Waals surface area contributed by atoms with Crippen molar-refractivity contribution < 1.29 is 4.79 Å². The van der Waals surface area contributed by atoms with Gasteiger partial charge in [-0.05, 0) is 23.5 Å². The van der Waals surface area contributed by atoms with Gasteiger partial charge >= 0.3 is 0 Å². The molecule has 4 N–H and O–H groups in total. The van der Waals surface area contributed by atoms with E-state index in [1.807, 2.05) is 12.1 Å². The van der Waals surface area contributed by atoms with Gasteiger partial charge in [-0.1, -0.05) is 38.1 Å². The van der Waals surface area contributed by atoms with Gasteiger partial charge < -0.3 is 11.5 Å². The van der Waals surface area contributed by atoms with Crippen molar-refractivity contribution in [2.24, 2.45) is 11.5 Å². The predicted octanol–water partition coefficient (Wildman–Crippen LogP) is 1.17. The molecule has 0 fully saturated rings. The van der Waals surface area contributed by atoms with Crippen molar-refractivity contribution in [2.75, 3.05) is 0 Å². The van der Waals surface area contributed by atoms with Crippen LogP contribution in [-0.2, 0) is 11.2 Å². The minimum Gasteiger partial charge on any atom is -0.368 e. The largest absolute Gasteiger partial charge is 0.368 e. The second-order valence-corrected chi connectivity index (χ2v) is 4.11. The molecular formula is C12H18N2O. The molecule has 0 bridgehead atoms. The van der Waals surface area contributed by atoms with E-state index in [0.29, 0.717) is 12.3 Å². The lowest BCUT2D eigenvalue weighted by molar-refractivity contribution is -0.119. The molecule has 3 heteroatoms. The first-order valence-electron chi connectivity index (χ1n) is 5.14. The molecule has 1 aromatic rings. The van der Waals surface area contributed by atoms with Gasteiger partial charge in [0.25, 0.3) is 0 Å². The van der Waals surface area contributed by atoms with Gasteiger partial charge in [-0.25, -0.2) is 0 Å². The Kier molecular flexibility index (Phi) is 3.86. The quantitative estimate of drug-likeness (QED) is 0.776. The summed E-state index contributed by atoms with van der Waals surface area (Å²) in [5.41, 5.74) is 13.0. The fourth-order valence-electron chi connectivity index (χ4n) is 1.39. The summed E-state index contributed by atoms with van der Waals surface area (Å²) in [6, 6.07) is 7.53. The zero-order chi connectivity index (χ0) is 11.4. The molecule has 0 aliphatic rings. The van der Waals surface area contributed by atoms with Gasteiger partial charge in [0.2, 0.25) is 5.91 Å². The molecule has 1 atom stereocenters. The minimum absolute atomic E-state index is 0.456. The maximum absolute atomic E-state index is 10.8. The zero-order valence-corrected chi connectivity index (χ0v) is 9.23. The molecule has 1 rings (SSSR count). The Hall–Kier alpha value is -1.35. The molecule has 82 valence electrons. The molecule has 0 heterocycles. The van der Waals surface area contributed by atoms with E-state index in [0.717, 1.165) is 5.56 Å². The number of amides is 1. The first-order chi connectivity index (χ1) is 7.00. The van der Waals surface area contributed by atoms with E-state index in [4.69, 9.17) is 11.5 Å². The summed E-state index contributed by atoms with van der Waals surface area (Å²) in [4.78, 5) is 10.8. The highest BCUT2D eigenvalue weighted by molar-refractivity contribution is 5.79. The molecule has 15 heavy (non-hydrogen) atoms. The summed E-state index contributed by atoms with van der Waals surface area (Å²) in [5, 5.41) is 0. The molecule has 0 aliphatic carbocycles. The molecule has 0 aromatic heterocycles. The molecule has 0 radical (unpaired) electrons. The molecule has 0 unspecified atom stereocenters. The number of benzene rings is 1. The average Bonchev–Trinajstić information content (AvgIpc) is 2.18. The lowest BCUT2D eigenvalue weighted by atomic mass is 9.99. The normalized spacial score (nSPS) is 12.8. The zero-order valence-electron chi connectivity index (χ0n) is 9.23. The summed E-state index contributed by atoms with van der Waals surface area (Å²) in [5.74, 6) is 0.0619. The molecule has 0 saturated heterocycles. The van der Waals surface area contributed by atoms with Crippen LogP contribution in [0, 0.1) is 0 Å². The van der Waals surface area contributed by atoms with Crippen LogP contribution in [0.25, 0.3) is 0 Å². The molecule has 0 spiro atoms. The predicted molar refractivity (Wildman–Crippen MR) is 61.4 cm³/mol. The Morgan fingerprint density at radius 1 is 1.27 bits per heavy atom. The number of nitrogens with two attached hydrogens (primary N) is 2. The van der Waals surface area contributed by atoms with Crippen molar-refractivity contribution in [1.82, 2.24) is 0 Å². The third-order valence-corrected chi connectivity index (χ3v) is 2.47. The Labute approximate surface area is 90.5 Å². The standard InChI is InChI=1S/C12H18N2O/c1-8(2)10-5-3-9(4-6-10)7-11(13)12(14)15/h3-6,8,11H,7,13H2,1-2H3,(H2,14,15)/t11-/m0/s1. The number of carbonyl (C=O) groups excluding carboxylic acids is 1. The average molecular weight is 206 g/mol. The van der Waals surface area contributed by atoms with Gasteiger partial charge in [-0.2, -0.15) is 0 Å². The summed E-state index contributed by atoms with van der Waals surface area (Å²) in [6.45, 7) is 4.29. The number of rotatable bonds is 4. The van der Waals surface area contributed by atoms with Crippen molar-refractivity contribution in [3.63, 3.8) is 0 Å². The fraction of sp³-hybridized carbons (Fsp3) is 0.417. The summed E-state index contributed by atoms with van der Waals surface area (Å²) in [6.07, 6.45) is 0.508. The van der Waals surface area contributed by atoms with Gasteiger partial charge in [0, 0.05) is 0 Å². The summed E-state index contributed by atoms with van der Waals surface area (Å²) < 4.78 is 0. The lowest BCUT2D eigenvalue weighted by Gasteiger charge is -2.09. The van der Waals surface area contributed by atoms with E-state index in [1.165, 1.54) is 5.56 Å². The van der Waals surface area contributed by atoms with Crippen LogP contribution in [0.4, 0.5) is 0 Å². The van der Waals surface area contributed by atoms with Crippen LogP contribution >= 0.6 is 0 Å². The molecule has 0 aliphatic heterocycles. The topological polar surface area (TPSA) is 69.1 Å². The van der Waals surface area contributed by atoms with Crippen molar-refractivity contribution in [2.45, 2.75) is 32.2 Å². The summed E-state index contributed by atoms with van der Waals surface area (Å²) in [7, 11) is 0. The lowest BCUT2D eigenvalue weighted by Crippen LogP contribution is -2.38. The highest BCUT2D eigenvalue weighted by Crippen LogP contribution is 2.15. The van der Waals surface area contributed by atoms with Crippen LogP contribution in [0.3, 0.4) is 0 Å². The van der Waals surface area contributed by atoms with Crippen LogP contribution in [0.2, 0.25) is 0 Å². The van der Waals surface area contributed by atoms with E-state index in [2.05, 4.69) is 26.0 Å². The third-order valence-electron chi connectivity index (χ3n) is 2.47. The summed E-state index contributed by atoms with van der Waals surface area (Å²) >= 11 is 0. The van der Waals surface area contributed by atoms with E-state index in [1.54, 1.807) is 0 Å². The van der Waals surface area contributed by atoms with Crippen molar-refractivity contribution >= 4 is 5.91 Å². The third kappa shape index (κ3) is 3.36. The van der Waals surface area contributed by atoms with Gasteiger partial charge in [-0.3, -0.25) is 4.79 Å².